The third-order valence-corrected chi connectivity index (χ3v) is 6.52. The number of hydrogen-bond donors (Lipinski definition) is 1. The number of rotatable bonds is 5. The van der Waals surface area contributed by atoms with Crippen LogP contribution in [0.1, 0.15) is 29.3 Å². The number of anilines is 1. The second kappa shape index (κ2) is 9.92. The Morgan fingerprint density at radius 3 is 2.71 bits per heavy atom. The number of hydrogen-bond acceptors (Lipinski definition) is 8. The van der Waals surface area contributed by atoms with E-state index in [9.17, 15) is 0 Å². The third kappa shape index (κ3) is 4.90. The summed E-state index contributed by atoms with van der Waals surface area (Å²) in [4.78, 5) is 22.6. The minimum absolute atomic E-state index is 0.00817. The van der Waals surface area contributed by atoms with Gasteiger partial charge in [0.15, 0.2) is 5.82 Å². The van der Waals surface area contributed by atoms with Crippen LogP contribution in [-0.2, 0) is 13.1 Å². The highest BCUT2D eigenvalue weighted by atomic mass is 16.5. The molecule has 1 aliphatic heterocycles. The number of H-pyrrole nitrogens is 1. The summed E-state index contributed by atoms with van der Waals surface area (Å²) in [7, 11) is 4.00. The zero-order chi connectivity index (χ0) is 26.1. The van der Waals surface area contributed by atoms with Crippen LogP contribution in [0, 0.1) is 11.8 Å². The molecule has 38 heavy (non-hydrogen) atoms. The predicted octanol–water partition coefficient (Wildman–Crippen LogP) is 4.02. The molecular weight excluding hydrogens is 476 g/mol. The number of benzene rings is 2. The van der Waals surface area contributed by atoms with Gasteiger partial charge in [0.2, 0.25) is 5.95 Å². The first-order valence-electron chi connectivity index (χ1n) is 12.3. The molecule has 1 atom stereocenters. The van der Waals surface area contributed by atoms with Gasteiger partial charge in [-0.2, -0.15) is 5.10 Å². The van der Waals surface area contributed by atoms with E-state index in [-0.39, 0.29) is 6.23 Å². The number of nitrogens with zero attached hydrogens (tertiary/aromatic N) is 7. The van der Waals surface area contributed by atoms with Crippen LogP contribution in [0.2, 0.25) is 0 Å². The van der Waals surface area contributed by atoms with Gasteiger partial charge in [0.25, 0.3) is 0 Å². The smallest absolute Gasteiger partial charge is 0.226 e. The normalized spacial score (nSPS) is 13.3. The highest BCUT2D eigenvalue weighted by molar-refractivity contribution is 5.79. The molecule has 9 nitrogen and oxygen atoms in total. The van der Waals surface area contributed by atoms with Gasteiger partial charge in [-0.15, -0.1) is 0 Å². The third-order valence-electron chi connectivity index (χ3n) is 6.52. The lowest BCUT2D eigenvalue weighted by Crippen LogP contribution is -2.30. The lowest BCUT2D eigenvalue weighted by Gasteiger charge is -2.21. The SMILES string of the molecule is CC(Oc1ccc2c(c1)CN(c1nccc(-c3nccc(C#Cc4ccc5[nH]ncc5c4)n3)n1)C2)N(C)C. The van der Waals surface area contributed by atoms with E-state index >= 15 is 0 Å². The maximum absolute atomic E-state index is 6.04. The molecule has 5 aromatic rings. The summed E-state index contributed by atoms with van der Waals surface area (Å²) in [6.07, 6.45) is 5.23. The van der Waals surface area contributed by atoms with Crippen LogP contribution in [0.3, 0.4) is 0 Å². The van der Waals surface area contributed by atoms with Crippen molar-refractivity contribution in [2.75, 3.05) is 19.0 Å². The van der Waals surface area contributed by atoms with E-state index < -0.39 is 0 Å². The van der Waals surface area contributed by atoms with E-state index in [4.69, 9.17) is 9.72 Å². The molecular formula is C29H26N8O. The highest BCUT2D eigenvalue weighted by Gasteiger charge is 2.23. The summed E-state index contributed by atoms with van der Waals surface area (Å²) in [5.74, 6) is 8.31. The lowest BCUT2D eigenvalue weighted by molar-refractivity contribution is 0.0815. The molecule has 1 N–H and O–H groups in total. The molecule has 188 valence electrons. The average Bonchev–Trinajstić information content (AvgIpc) is 3.58. The van der Waals surface area contributed by atoms with Crippen LogP contribution in [0.5, 0.6) is 5.75 Å². The Hall–Kier alpha value is -4.81. The van der Waals surface area contributed by atoms with Gasteiger partial charge in [-0.25, -0.2) is 19.9 Å². The van der Waals surface area contributed by atoms with Gasteiger partial charge in [-0.05, 0) is 80.5 Å². The molecule has 6 rings (SSSR count). The van der Waals surface area contributed by atoms with Crippen LogP contribution in [0.4, 0.5) is 5.95 Å². The Balaban J connectivity index is 1.20. The standard InChI is InChI=1S/C29H26N8O/c1-19(36(2)3)38-25-8-6-21-17-37(18-23(21)15-25)29-31-13-11-27(34-29)28-30-12-10-24(33-28)7-4-20-5-9-26-22(14-20)16-32-35-26/h5-6,8-16,19H,17-18H2,1-3H3,(H,32,35). The number of ether oxygens (including phenoxy) is 1. The van der Waals surface area contributed by atoms with Gasteiger partial charge in [0, 0.05) is 36.4 Å². The summed E-state index contributed by atoms with van der Waals surface area (Å²) in [5.41, 5.74) is 5.60. The molecule has 2 aromatic carbocycles. The molecule has 0 aliphatic carbocycles. The van der Waals surface area contributed by atoms with E-state index in [1.54, 1.807) is 24.7 Å². The van der Waals surface area contributed by atoms with Crippen molar-refractivity contribution in [2.45, 2.75) is 26.2 Å². The van der Waals surface area contributed by atoms with Crippen molar-refractivity contribution in [1.29, 1.82) is 0 Å². The minimum atomic E-state index is -0.00817. The first kappa shape index (κ1) is 23.6. The van der Waals surface area contributed by atoms with E-state index in [0.717, 1.165) is 28.8 Å². The first-order valence-corrected chi connectivity index (χ1v) is 12.3. The fraction of sp³-hybridized carbons (Fsp3) is 0.207. The summed E-state index contributed by atoms with van der Waals surface area (Å²) >= 11 is 0. The van der Waals surface area contributed by atoms with E-state index in [2.05, 4.69) is 54.0 Å². The topological polar surface area (TPSA) is 96.0 Å². The van der Waals surface area contributed by atoms with Crippen LogP contribution in [-0.4, -0.2) is 55.4 Å². The van der Waals surface area contributed by atoms with Crippen molar-refractivity contribution in [3.8, 4) is 29.1 Å². The van der Waals surface area contributed by atoms with E-state index in [1.165, 1.54) is 11.1 Å². The molecule has 9 heteroatoms. The zero-order valence-electron chi connectivity index (χ0n) is 21.4. The van der Waals surface area contributed by atoms with Crippen LogP contribution in [0.25, 0.3) is 22.4 Å². The van der Waals surface area contributed by atoms with Gasteiger partial charge in [-0.1, -0.05) is 12.0 Å². The Bertz CT molecular complexity index is 1680. The van der Waals surface area contributed by atoms with Crippen LogP contribution in [0.15, 0.2) is 67.1 Å². The van der Waals surface area contributed by atoms with Crippen molar-refractivity contribution in [3.63, 3.8) is 0 Å². The quantitative estimate of drug-likeness (QED) is 0.284. The fourth-order valence-electron chi connectivity index (χ4n) is 4.22. The number of nitrogens with one attached hydrogen (secondary N) is 1. The molecule has 0 radical (unpaired) electrons. The molecule has 1 unspecified atom stereocenters. The second-order valence-corrected chi connectivity index (χ2v) is 9.40. The number of aromatic amines is 1. The molecule has 3 aromatic heterocycles. The lowest BCUT2D eigenvalue weighted by atomic mass is 10.1. The van der Waals surface area contributed by atoms with Gasteiger partial charge in [0.05, 0.1) is 11.7 Å². The maximum atomic E-state index is 6.04. The zero-order valence-corrected chi connectivity index (χ0v) is 21.4. The fourth-order valence-corrected chi connectivity index (χ4v) is 4.22. The predicted molar refractivity (Wildman–Crippen MR) is 145 cm³/mol. The van der Waals surface area contributed by atoms with Crippen molar-refractivity contribution in [1.82, 2.24) is 35.0 Å². The van der Waals surface area contributed by atoms with Crippen molar-refractivity contribution < 1.29 is 4.74 Å². The summed E-state index contributed by atoms with van der Waals surface area (Å²) < 4.78 is 6.04. The van der Waals surface area contributed by atoms with Gasteiger partial charge in [-0.3, -0.25) is 10.00 Å². The first-order chi connectivity index (χ1) is 18.5. The molecule has 0 amide bonds. The van der Waals surface area contributed by atoms with E-state index in [0.29, 0.717) is 29.7 Å². The van der Waals surface area contributed by atoms with Crippen molar-refractivity contribution in [2.24, 2.45) is 0 Å². The van der Waals surface area contributed by atoms with Crippen molar-refractivity contribution in [3.05, 3.63) is 89.5 Å². The Kier molecular flexibility index (Phi) is 6.15. The molecule has 0 spiro atoms. The monoisotopic (exact) mass is 502 g/mol. The van der Waals surface area contributed by atoms with Crippen molar-refractivity contribution >= 4 is 16.9 Å². The number of aromatic nitrogens is 6. The molecule has 1 aliphatic rings. The molecule has 0 saturated carbocycles. The second-order valence-electron chi connectivity index (χ2n) is 9.40. The highest BCUT2D eigenvalue weighted by Crippen LogP contribution is 2.30. The summed E-state index contributed by atoms with van der Waals surface area (Å²) in [6, 6.07) is 15.8. The summed E-state index contributed by atoms with van der Waals surface area (Å²) in [5, 5.41) is 8.02. The molecule has 0 bridgehead atoms. The Morgan fingerprint density at radius 2 is 1.82 bits per heavy atom. The van der Waals surface area contributed by atoms with Gasteiger partial charge >= 0.3 is 0 Å². The van der Waals surface area contributed by atoms with Gasteiger partial charge < -0.3 is 9.64 Å². The van der Waals surface area contributed by atoms with Crippen LogP contribution < -0.4 is 9.64 Å². The maximum Gasteiger partial charge on any atom is 0.226 e. The Morgan fingerprint density at radius 1 is 0.947 bits per heavy atom. The largest absolute Gasteiger partial charge is 0.475 e. The molecule has 4 heterocycles. The van der Waals surface area contributed by atoms with Crippen LogP contribution >= 0.6 is 0 Å². The average molecular weight is 503 g/mol. The van der Waals surface area contributed by atoms with Gasteiger partial charge in [0.1, 0.15) is 23.4 Å². The Labute approximate surface area is 220 Å². The molecule has 0 fully saturated rings. The van der Waals surface area contributed by atoms with E-state index in [1.807, 2.05) is 56.3 Å². The summed E-state index contributed by atoms with van der Waals surface area (Å²) in [6.45, 7) is 3.47. The molecule has 0 saturated heterocycles. The minimum Gasteiger partial charge on any atom is -0.475 e. The number of fused-ring (bicyclic) bond motifs is 2.